The average molecular weight is 221 g/mol. The van der Waals surface area contributed by atoms with Crippen LogP contribution in [0.4, 0.5) is 5.82 Å². The average Bonchev–Trinajstić information content (AvgIpc) is 2.73. The van der Waals surface area contributed by atoms with Crippen LogP contribution >= 0.6 is 0 Å². The number of aliphatic carboxylic acids is 1. The van der Waals surface area contributed by atoms with Crippen molar-refractivity contribution in [2.45, 2.75) is 19.4 Å². The van der Waals surface area contributed by atoms with Crippen molar-refractivity contribution in [3.8, 4) is 0 Å². The molecule has 2 heterocycles. The summed E-state index contributed by atoms with van der Waals surface area (Å²) in [5.74, 6) is -0.453. The number of nitrogens with one attached hydrogen (secondary N) is 2. The maximum atomic E-state index is 10.9. The van der Waals surface area contributed by atoms with Crippen molar-refractivity contribution in [2.75, 3.05) is 5.32 Å². The number of fused-ring (bicyclic) bond motifs is 1. The van der Waals surface area contributed by atoms with Crippen molar-refractivity contribution >= 4 is 23.0 Å². The molecular formula is C9H11N5O2. The van der Waals surface area contributed by atoms with Gasteiger partial charge in [-0.1, -0.05) is 6.92 Å². The number of aromatic amines is 1. The highest BCUT2D eigenvalue weighted by atomic mass is 16.4. The fourth-order valence-corrected chi connectivity index (χ4v) is 1.38. The van der Waals surface area contributed by atoms with E-state index < -0.39 is 12.0 Å². The quantitative estimate of drug-likeness (QED) is 0.699. The molecule has 2 rings (SSSR count). The number of hydrogen-bond acceptors (Lipinski definition) is 5. The molecule has 0 saturated heterocycles. The first-order chi connectivity index (χ1) is 7.72. The molecule has 0 aliphatic heterocycles. The maximum Gasteiger partial charge on any atom is 0.326 e. The van der Waals surface area contributed by atoms with Crippen molar-refractivity contribution in [2.24, 2.45) is 0 Å². The maximum absolute atomic E-state index is 10.9. The van der Waals surface area contributed by atoms with E-state index in [1.54, 1.807) is 6.92 Å². The number of carboxylic acid groups (broad SMARTS) is 1. The Bertz CT molecular complexity index is 509. The van der Waals surface area contributed by atoms with Crippen LogP contribution in [-0.4, -0.2) is 37.1 Å². The lowest BCUT2D eigenvalue weighted by atomic mass is 10.2. The lowest BCUT2D eigenvalue weighted by Gasteiger charge is -2.12. The normalized spacial score (nSPS) is 12.6. The number of nitrogens with zero attached hydrogens (tertiary/aromatic N) is 3. The van der Waals surface area contributed by atoms with Gasteiger partial charge in [0, 0.05) is 0 Å². The van der Waals surface area contributed by atoms with E-state index in [4.69, 9.17) is 5.11 Å². The standard InChI is InChI=1S/C9H11N5O2/c1-2-5(9(15)16)14-8-6-7(11-3-10-6)12-4-13-8/h3-5H,2H2,1H3,(H,15,16)(H2,10,11,12,13,14)/t5-/m0/s1. The third-order valence-electron chi connectivity index (χ3n) is 2.24. The summed E-state index contributed by atoms with van der Waals surface area (Å²) in [6.07, 6.45) is 3.31. The van der Waals surface area contributed by atoms with Gasteiger partial charge in [-0.25, -0.2) is 19.7 Å². The van der Waals surface area contributed by atoms with E-state index in [2.05, 4.69) is 25.3 Å². The molecule has 84 valence electrons. The van der Waals surface area contributed by atoms with Gasteiger partial charge in [-0.05, 0) is 6.42 Å². The van der Waals surface area contributed by atoms with Gasteiger partial charge in [0.15, 0.2) is 11.5 Å². The van der Waals surface area contributed by atoms with Gasteiger partial charge in [0.2, 0.25) is 0 Å². The SMILES string of the molecule is CC[C@H](Nc1ncnc2nc[nH]c12)C(=O)O. The number of aromatic nitrogens is 4. The van der Waals surface area contributed by atoms with Crippen LogP contribution in [0.25, 0.3) is 11.2 Å². The second-order valence-corrected chi connectivity index (χ2v) is 3.27. The van der Waals surface area contributed by atoms with E-state index in [1.165, 1.54) is 12.7 Å². The van der Waals surface area contributed by atoms with Crippen LogP contribution in [0.2, 0.25) is 0 Å². The molecule has 0 radical (unpaired) electrons. The minimum atomic E-state index is -0.909. The summed E-state index contributed by atoms with van der Waals surface area (Å²) in [5.41, 5.74) is 1.12. The molecular weight excluding hydrogens is 210 g/mol. The first-order valence-corrected chi connectivity index (χ1v) is 4.85. The van der Waals surface area contributed by atoms with Crippen LogP contribution in [0.3, 0.4) is 0 Å². The largest absolute Gasteiger partial charge is 0.480 e. The molecule has 0 saturated carbocycles. The van der Waals surface area contributed by atoms with Crippen LogP contribution in [0.5, 0.6) is 0 Å². The van der Waals surface area contributed by atoms with Gasteiger partial charge in [-0.2, -0.15) is 0 Å². The molecule has 0 fully saturated rings. The van der Waals surface area contributed by atoms with E-state index in [0.717, 1.165) is 0 Å². The van der Waals surface area contributed by atoms with Gasteiger partial charge in [0.25, 0.3) is 0 Å². The Morgan fingerprint density at radius 2 is 2.38 bits per heavy atom. The van der Waals surface area contributed by atoms with Crippen molar-refractivity contribution in [1.29, 1.82) is 0 Å². The van der Waals surface area contributed by atoms with Crippen molar-refractivity contribution in [3.63, 3.8) is 0 Å². The van der Waals surface area contributed by atoms with E-state index in [0.29, 0.717) is 23.4 Å². The smallest absolute Gasteiger partial charge is 0.326 e. The topological polar surface area (TPSA) is 104 Å². The predicted octanol–water partition coefficient (Wildman–Crippen LogP) is 0.628. The molecule has 2 aromatic heterocycles. The number of carbonyl (C=O) groups is 1. The third-order valence-corrected chi connectivity index (χ3v) is 2.24. The number of carboxylic acids is 1. The Morgan fingerprint density at radius 3 is 3.06 bits per heavy atom. The number of imidazole rings is 1. The highest BCUT2D eigenvalue weighted by Crippen LogP contribution is 2.15. The summed E-state index contributed by atoms with van der Waals surface area (Å²) >= 11 is 0. The summed E-state index contributed by atoms with van der Waals surface area (Å²) < 4.78 is 0. The summed E-state index contributed by atoms with van der Waals surface area (Å²) in [5, 5.41) is 11.8. The van der Waals surface area contributed by atoms with Crippen LogP contribution in [0.15, 0.2) is 12.7 Å². The fourth-order valence-electron chi connectivity index (χ4n) is 1.38. The van der Waals surface area contributed by atoms with E-state index in [-0.39, 0.29) is 0 Å². The number of hydrogen-bond donors (Lipinski definition) is 3. The zero-order chi connectivity index (χ0) is 11.5. The Hall–Kier alpha value is -2.18. The Kier molecular flexibility index (Phi) is 2.67. The molecule has 0 spiro atoms. The highest BCUT2D eigenvalue weighted by molar-refractivity contribution is 5.85. The van der Waals surface area contributed by atoms with Gasteiger partial charge in [-0.3, -0.25) is 0 Å². The van der Waals surface area contributed by atoms with Crippen LogP contribution in [-0.2, 0) is 4.79 Å². The second-order valence-electron chi connectivity index (χ2n) is 3.27. The minimum absolute atomic E-state index is 0.455. The van der Waals surface area contributed by atoms with Crippen LogP contribution in [0.1, 0.15) is 13.3 Å². The van der Waals surface area contributed by atoms with E-state index >= 15 is 0 Å². The van der Waals surface area contributed by atoms with E-state index in [1.807, 2.05) is 0 Å². The van der Waals surface area contributed by atoms with Crippen molar-refractivity contribution < 1.29 is 9.90 Å². The molecule has 0 unspecified atom stereocenters. The molecule has 0 aliphatic carbocycles. The van der Waals surface area contributed by atoms with Crippen molar-refractivity contribution in [1.82, 2.24) is 19.9 Å². The lowest BCUT2D eigenvalue weighted by molar-refractivity contribution is -0.137. The predicted molar refractivity (Wildman–Crippen MR) is 57.0 cm³/mol. The van der Waals surface area contributed by atoms with E-state index in [9.17, 15) is 4.79 Å². The molecule has 0 aliphatic rings. The third kappa shape index (κ3) is 1.79. The molecule has 2 aromatic rings. The molecule has 0 bridgehead atoms. The van der Waals surface area contributed by atoms with Gasteiger partial charge in [0.05, 0.1) is 6.33 Å². The second kappa shape index (κ2) is 4.13. The molecule has 7 heteroatoms. The lowest BCUT2D eigenvalue weighted by Crippen LogP contribution is -2.28. The minimum Gasteiger partial charge on any atom is -0.480 e. The van der Waals surface area contributed by atoms with Crippen molar-refractivity contribution in [3.05, 3.63) is 12.7 Å². The Balaban J connectivity index is 2.33. The zero-order valence-corrected chi connectivity index (χ0v) is 8.64. The van der Waals surface area contributed by atoms with Crippen LogP contribution in [0, 0.1) is 0 Å². The first kappa shape index (κ1) is 10.3. The Morgan fingerprint density at radius 1 is 1.56 bits per heavy atom. The number of rotatable bonds is 4. The number of H-pyrrole nitrogens is 1. The molecule has 16 heavy (non-hydrogen) atoms. The molecule has 1 atom stereocenters. The summed E-state index contributed by atoms with van der Waals surface area (Å²) in [4.78, 5) is 25.6. The Labute approximate surface area is 90.9 Å². The van der Waals surface area contributed by atoms with Crippen LogP contribution < -0.4 is 5.32 Å². The highest BCUT2D eigenvalue weighted by Gasteiger charge is 2.17. The molecule has 7 nitrogen and oxygen atoms in total. The van der Waals surface area contributed by atoms with Gasteiger partial charge >= 0.3 is 5.97 Å². The van der Waals surface area contributed by atoms with Gasteiger partial charge in [0.1, 0.15) is 17.9 Å². The number of anilines is 1. The molecule has 0 amide bonds. The molecule has 0 aromatic carbocycles. The van der Waals surface area contributed by atoms with Gasteiger partial charge in [-0.15, -0.1) is 0 Å². The summed E-state index contributed by atoms with van der Waals surface area (Å²) in [7, 11) is 0. The first-order valence-electron chi connectivity index (χ1n) is 4.85. The monoisotopic (exact) mass is 221 g/mol. The fraction of sp³-hybridized carbons (Fsp3) is 0.333. The zero-order valence-electron chi connectivity index (χ0n) is 8.64. The summed E-state index contributed by atoms with van der Waals surface area (Å²) in [6.45, 7) is 1.79. The van der Waals surface area contributed by atoms with Gasteiger partial charge < -0.3 is 15.4 Å². The summed E-state index contributed by atoms with van der Waals surface area (Å²) in [6, 6.07) is -0.665. The molecule has 3 N–H and O–H groups in total.